The minimum absolute atomic E-state index is 0.00642. The van der Waals surface area contributed by atoms with Gasteiger partial charge in [-0.2, -0.15) is 0 Å². The maximum Gasteiger partial charge on any atom is 0.266 e. The highest BCUT2D eigenvalue weighted by molar-refractivity contribution is 14.1. The first-order valence-electron chi connectivity index (χ1n) is 6.13. The van der Waals surface area contributed by atoms with Crippen molar-refractivity contribution < 1.29 is 13.2 Å². The molecule has 2 aromatic rings. The van der Waals surface area contributed by atoms with Crippen LogP contribution in [0.1, 0.15) is 0 Å². The van der Waals surface area contributed by atoms with Gasteiger partial charge in [0.15, 0.2) is 0 Å². The van der Waals surface area contributed by atoms with Crippen molar-refractivity contribution in [2.75, 3.05) is 10.8 Å². The molecule has 0 fully saturated rings. The van der Waals surface area contributed by atoms with Gasteiger partial charge >= 0.3 is 0 Å². The zero-order valence-corrected chi connectivity index (χ0v) is 16.6. The highest BCUT2D eigenvalue weighted by Crippen LogP contribution is 2.31. The molecule has 0 atom stereocenters. The van der Waals surface area contributed by atoms with Crippen LogP contribution >= 0.6 is 57.4 Å². The topological polar surface area (TPSA) is 54.5 Å². The molecular formula is C14H9Cl3INO3S. The molecule has 0 aliphatic carbocycles. The van der Waals surface area contributed by atoms with Gasteiger partial charge in [-0.1, -0.05) is 23.2 Å². The van der Waals surface area contributed by atoms with E-state index >= 15 is 0 Å². The molecule has 0 spiro atoms. The molecule has 2 rings (SSSR count). The Morgan fingerprint density at radius 3 is 2.26 bits per heavy atom. The molecule has 0 saturated carbocycles. The number of sulfonamides is 1. The predicted molar refractivity (Wildman–Crippen MR) is 101 cm³/mol. The monoisotopic (exact) mass is 503 g/mol. The van der Waals surface area contributed by atoms with Crippen molar-refractivity contribution >= 4 is 78.3 Å². The maximum atomic E-state index is 12.9. The number of hydrogen-bond donors (Lipinski definition) is 0. The summed E-state index contributed by atoms with van der Waals surface area (Å²) < 4.78 is 27.6. The second-order valence-corrected chi connectivity index (χ2v) is 8.76. The van der Waals surface area contributed by atoms with Gasteiger partial charge in [-0.25, -0.2) is 8.42 Å². The Morgan fingerprint density at radius 2 is 1.70 bits per heavy atom. The van der Waals surface area contributed by atoms with E-state index in [1.165, 1.54) is 18.2 Å². The summed E-state index contributed by atoms with van der Waals surface area (Å²) in [5.74, 6) is 0. The Kier molecular flexibility index (Phi) is 6.18. The van der Waals surface area contributed by atoms with E-state index < -0.39 is 21.8 Å². The Bertz CT molecular complexity index is 841. The molecule has 0 amide bonds. The SMILES string of the molecule is O=C(Cl)CN(c1ccc(I)cc1)S(=O)(=O)c1cc(Cl)ccc1Cl. The van der Waals surface area contributed by atoms with E-state index in [1.54, 1.807) is 24.3 Å². The van der Waals surface area contributed by atoms with Crippen molar-refractivity contribution in [2.24, 2.45) is 0 Å². The molecule has 0 bridgehead atoms. The van der Waals surface area contributed by atoms with E-state index in [2.05, 4.69) is 22.6 Å². The summed E-state index contributed by atoms with van der Waals surface area (Å²) >= 11 is 19.4. The molecule has 23 heavy (non-hydrogen) atoms. The van der Waals surface area contributed by atoms with Crippen LogP contribution in [0.4, 0.5) is 5.69 Å². The van der Waals surface area contributed by atoms with Crippen molar-refractivity contribution in [3.05, 3.63) is 56.1 Å². The lowest BCUT2D eigenvalue weighted by atomic mass is 10.3. The number of carbonyl (C=O) groups is 1. The smallest absolute Gasteiger partial charge is 0.266 e. The molecule has 0 heterocycles. The largest absolute Gasteiger partial charge is 0.279 e. The molecular weight excluding hydrogens is 495 g/mol. The fourth-order valence-electron chi connectivity index (χ4n) is 1.83. The highest BCUT2D eigenvalue weighted by atomic mass is 127. The van der Waals surface area contributed by atoms with Crippen LogP contribution in [0.25, 0.3) is 0 Å². The number of carbonyl (C=O) groups excluding carboxylic acids is 1. The zero-order chi connectivity index (χ0) is 17.2. The van der Waals surface area contributed by atoms with Crippen molar-refractivity contribution in [3.63, 3.8) is 0 Å². The Balaban J connectivity index is 2.59. The number of halogens is 4. The van der Waals surface area contributed by atoms with E-state index in [-0.39, 0.29) is 14.9 Å². The first-order valence-corrected chi connectivity index (χ1v) is 9.79. The molecule has 0 aliphatic heterocycles. The Hall–Kier alpha value is -0.540. The van der Waals surface area contributed by atoms with Gasteiger partial charge < -0.3 is 0 Å². The van der Waals surface area contributed by atoms with Crippen LogP contribution in [-0.2, 0) is 14.8 Å². The van der Waals surface area contributed by atoms with Crippen LogP contribution in [0.5, 0.6) is 0 Å². The lowest BCUT2D eigenvalue weighted by Crippen LogP contribution is -2.34. The van der Waals surface area contributed by atoms with Crippen LogP contribution < -0.4 is 4.31 Å². The average molecular weight is 505 g/mol. The van der Waals surface area contributed by atoms with Crippen LogP contribution in [0.2, 0.25) is 10.0 Å². The van der Waals surface area contributed by atoms with E-state index in [0.29, 0.717) is 5.69 Å². The summed E-state index contributed by atoms with van der Waals surface area (Å²) in [6.07, 6.45) is 0. The minimum atomic E-state index is -4.11. The molecule has 122 valence electrons. The quantitative estimate of drug-likeness (QED) is 0.443. The summed E-state index contributed by atoms with van der Waals surface area (Å²) in [5.41, 5.74) is 0.301. The zero-order valence-electron chi connectivity index (χ0n) is 11.3. The third-order valence-electron chi connectivity index (χ3n) is 2.84. The summed E-state index contributed by atoms with van der Waals surface area (Å²) in [5, 5.41) is -0.593. The number of nitrogens with zero attached hydrogens (tertiary/aromatic N) is 1. The van der Waals surface area contributed by atoms with Crippen LogP contribution in [0, 0.1) is 3.57 Å². The predicted octanol–water partition coefficient (Wildman–Crippen LogP) is 4.56. The number of benzene rings is 2. The first kappa shape index (κ1) is 18.8. The normalized spacial score (nSPS) is 11.3. The van der Waals surface area contributed by atoms with Gasteiger partial charge in [0.1, 0.15) is 11.4 Å². The second kappa shape index (κ2) is 7.57. The second-order valence-electron chi connectivity index (χ2n) is 4.42. The fraction of sp³-hybridized carbons (Fsp3) is 0.0714. The highest BCUT2D eigenvalue weighted by Gasteiger charge is 2.29. The third kappa shape index (κ3) is 4.51. The van der Waals surface area contributed by atoms with Crippen molar-refractivity contribution in [1.82, 2.24) is 0 Å². The number of rotatable bonds is 5. The third-order valence-corrected chi connectivity index (χ3v) is 6.17. The number of anilines is 1. The molecule has 4 nitrogen and oxygen atoms in total. The molecule has 0 aromatic heterocycles. The van der Waals surface area contributed by atoms with Gasteiger partial charge in [0.05, 0.1) is 10.7 Å². The van der Waals surface area contributed by atoms with Gasteiger partial charge in [0.25, 0.3) is 10.0 Å². The number of hydrogen-bond acceptors (Lipinski definition) is 3. The fourth-order valence-corrected chi connectivity index (χ4v) is 4.54. The van der Waals surface area contributed by atoms with E-state index in [9.17, 15) is 13.2 Å². The van der Waals surface area contributed by atoms with Crippen LogP contribution in [0.3, 0.4) is 0 Å². The lowest BCUT2D eigenvalue weighted by Gasteiger charge is -2.23. The van der Waals surface area contributed by atoms with Gasteiger partial charge in [-0.05, 0) is 76.7 Å². The van der Waals surface area contributed by atoms with Crippen molar-refractivity contribution in [1.29, 1.82) is 0 Å². The van der Waals surface area contributed by atoms with Gasteiger partial charge in [-0.3, -0.25) is 9.10 Å². The summed E-state index contributed by atoms with van der Waals surface area (Å²) in [6.45, 7) is -0.521. The summed E-state index contributed by atoms with van der Waals surface area (Å²) in [4.78, 5) is 11.1. The molecule has 0 radical (unpaired) electrons. The van der Waals surface area contributed by atoms with Gasteiger partial charge in [-0.15, -0.1) is 0 Å². The molecule has 0 aliphatic rings. The lowest BCUT2D eigenvalue weighted by molar-refractivity contribution is -0.110. The van der Waals surface area contributed by atoms with Crippen molar-refractivity contribution in [2.45, 2.75) is 4.90 Å². The Morgan fingerprint density at radius 1 is 1.09 bits per heavy atom. The summed E-state index contributed by atoms with van der Waals surface area (Å²) in [6, 6.07) is 10.7. The van der Waals surface area contributed by atoms with E-state index in [1.807, 2.05) is 0 Å². The van der Waals surface area contributed by atoms with Gasteiger partial charge in [0.2, 0.25) is 5.24 Å². The van der Waals surface area contributed by atoms with Crippen LogP contribution in [-0.4, -0.2) is 20.2 Å². The van der Waals surface area contributed by atoms with Crippen LogP contribution in [0.15, 0.2) is 47.4 Å². The Labute approximate surface area is 162 Å². The molecule has 2 aromatic carbocycles. The standard InChI is InChI=1S/C14H9Cl3INO3S/c15-9-1-6-12(16)13(7-9)23(21,22)19(8-14(17)20)11-4-2-10(18)3-5-11/h1-7H,8H2. The van der Waals surface area contributed by atoms with Crippen molar-refractivity contribution in [3.8, 4) is 0 Å². The first-order chi connectivity index (χ1) is 10.7. The average Bonchev–Trinajstić information content (AvgIpc) is 2.48. The molecule has 0 unspecified atom stereocenters. The minimum Gasteiger partial charge on any atom is -0.279 e. The van der Waals surface area contributed by atoms with E-state index in [0.717, 1.165) is 7.88 Å². The van der Waals surface area contributed by atoms with Gasteiger partial charge in [0, 0.05) is 8.59 Å². The molecule has 9 heteroatoms. The maximum absolute atomic E-state index is 12.9. The molecule has 0 N–H and O–H groups in total. The molecule has 0 saturated heterocycles. The summed E-state index contributed by atoms with van der Waals surface area (Å²) in [7, 11) is -4.11. The van der Waals surface area contributed by atoms with E-state index in [4.69, 9.17) is 34.8 Å².